The first-order valence-electron chi connectivity index (χ1n) is 5.48. The number of hydrogen-bond donors (Lipinski definition) is 1. The fourth-order valence-corrected chi connectivity index (χ4v) is 2.56. The minimum Gasteiger partial charge on any atom is -0.285 e. The summed E-state index contributed by atoms with van der Waals surface area (Å²) < 4.78 is 30.8. The third-order valence-electron chi connectivity index (χ3n) is 2.41. The zero-order chi connectivity index (χ0) is 11.0. The van der Waals surface area contributed by atoms with Gasteiger partial charge in [-0.05, 0) is 12.8 Å². The molecule has 1 N–H and O–H groups in total. The Kier molecular flexibility index (Phi) is 7.19. The van der Waals surface area contributed by atoms with Crippen molar-refractivity contribution in [2.45, 2.75) is 64.0 Å². The van der Waals surface area contributed by atoms with Gasteiger partial charge in [0.1, 0.15) is 0 Å². The first-order chi connectivity index (χ1) is 6.52. The third kappa shape index (κ3) is 6.38. The molecule has 0 fully saturated rings. The molecule has 0 aromatic rings. The molecule has 0 saturated heterocycles. The van der Waals surface area contributed by atoms with Gasteiger partial charge in [-0.3, -0.25) is 4.55 Å². The van der Waals surface area contributed by atoms with Gasteiger partial charge in [0, 0.05) is 0 Å². The number of rotatable bonds is 8. The van der Waals surface area contributed by atoms with Gasteiger partial charge >= 0.3 is 0 Å². The third-order valence-corrected chi connectivity index (χ3v) is 3.73. The average molecular weight is 222 g/mol. The Bertz CT molecular complexity index is 222. The minimum atomic E-state index is -3.81. The number of unbranched alkanes of at least 4 members (excludes halogenated alkanes) is 3. The van der Waals surface area contributed by atoms with Crippen molar-refractivity contribution >= 4 is 10.1 Å². The maximum atomic E-state index is 10.9. The Morgan fingerprint density at radius 2 is 1.64 bits per heavy atom. The average Bonchev–Trinajstić information content (AvgIpc) is 2.08. The van der Waals surface area contributed by atoms with Crippen molar-refractivity contribution in [3.05, 3.63) is 0 Å². The molecule has 86 valence electrons. The lowest BCUT2D eigenvalue weighted by Gasteiger charge is -2.12. The van der Waals surface area contributed by atoms with E-state index in [-0.39, 0.29) is 0 Å². The summed E-state index contributed by atoms with van der Waals surface area (Å²) in [6, 6.07) is 0. The van der Waals surface area contributed by atoms with Crippen LogP contribution in [0.2, 0.25) is 0 Å². The van der Waals surface area contributed by atoms with Crippen LogP contribution >= 0.6 is 0 Å². The molecule has 0 heterocycles. The molecular weight excluding hydrogens is 200 g/mol. The monoisotopic (exact) mass is 222 g/mol. The molecule has 14 heavy (non-hydrogen) atoms. The topological polar surface area (TPSA) is 54.4 Å². The Balaban J connectivity index is 3.87. The SMILES string of the molecule is CCCCCCC(CCC)S(=O)(=O)O. The summed E-state index contributed by atoms with van der Waals surface area (Å²) in [7, 11) is -3.81. The normalized spacial score (nSPS) is 14.2. The number of hydrogen-bond acceptors (Lipinski definition) is 2. The molecule has 0 aliphatic carbocycles. The summed E-state index contributed by atoms with van der Waals surface area (Å²) in [6.07, 6.45) is 6.23. The van der Waals surface area contributed by atoms with E-state index >= 15 is 0 Å². The van der Waals surface area contributed by atoms with Gasteiger partial charge in [0.25, 0.3) is 10.1 Å². The highest BCUT2D eigenvalue weighted by molar-refractivity contribution is 7.86. The zero-order valence-electron chi connectivity index (χ0n) is 9.20. The second-order valence-electron chi connectivity index (χ2n) is 3.77. The van der Waals surface area contributed by atoms with Gasteiger partial charge in [-0.2, -0.15) is 8.42 Å². The second-order valence-corrected chi connectivity index (χ2v) is 5.47. The Hall–Kier alpha value is -0.0900. The van der Waals surface area contributed by atoms with Crippen LogP contribution in [0.15, 0.2) is 0 Å². The molecule has 0 radical (unpaired) electrons. The highest BCUT2D eigenvalue weighted by Crippen LogP contribution is 2.15. The van der Waals surface area contributed by atoms with Crippen LogP contribution in [0, 0.1) is 0 Å². The van der Waals surface area contributed by atoms with Crippen molar-refractivity contribution in [1.82, 2.24) is 0 Å². The molecule has 1 unspecified atom stereocenters. The van der Waals surface area contributed by atoms with Gasteiger partial charge < -0.3 is 0 Å². The van der Waals surface area contributed by atoms with E-state index in [1.807, 2.05) is 6.92 Å². The van der Waals surface area contributed by atoms with Crippen LogP contribution in [0.4, 0.5) is 0 Å². The van der Waals surface area contributed by atoms with Gasteiger partial charge in [-0.1, -0.05) is 46.0 Å². The summed E-state index contributed by atoms with van der Waals surface area (Å²) in [6.45, 7) is 4.05. The summed E-state index contributed by atoms with van der Waals surface area (Å²) in [4.78, 5) is 0. The molecule has 0 spiro atoms. The Morgan fingerprint density at radius 3 is 2.07 bits per heavy atom. The molecule has 3 nitrogen and oxygen atoms in total. The lowest BCUT2D eigenvalue weighted by atomic mass is 10.1. The Morgan fingerprint density at radius 1 is 1.00 bits per heavy atom. The van der Waals surface area contributed by atoms with E-state index in [1.54, 1.807) is 0 Å². The molecule has 1 atom stereocenters. The van der Waals surface area contributed by atoms with Crippen LogP contribution < -0.4 is 0 Å². The quantitative estimate of drug-likeness (QED) is 0.507. The smallest absolute Gasteiger partial charge is 0.267 e. The maximum absolute atomic E-state index is 10.9. The largest absolute Gasteiger partial charge is 0.285 e. The van der Waals surface area contributed by atoms with E-state index in [9.17, 15) is 8.42 Å². The molecule has 4 heteroatoms. The highest BCUT2D eigenvalue weighted by atomic mass is 32.2. The first kappa shape index (κ1) is 13.9. The lowest BCUT2D eigenvalue weighted by molar-refractivity contribution is 0.449. The van der Waals surface area contributed by atoms with Crippen LogP contribution in [0.25, 0.3) is 0 Å². The summed E-state index contributed by atoms with van der Waals surface area (Å²) in [5.41, 5.74) is 0. The van der Waals surface area contributed by atoms with E-state index < -0.39 is 15.4 Å². The van der Waals surface area contributed by atoms with Crippen molar-refractivity contribution in [3.8, 4) is 0 Å². The molecule has 0 amide bonds. The van der Waals surface area contributed by atoms with E-state index in [2.05, 4.69) is 6.92 Å². The predicted octanol–water partition coefficient (Wildman–Crippen LogP) is 3.01. The Labute approximate surface area is 87.7 Å². The fourth-order valence-electron chi connectivity index (χ4n) is 1.56. The summed E-state index contributed by atoms with van der Waals surface area (Å²) in [5, 5.41) is -0.538. The second kappa shape index (κ2) is 7.23. The van der Waals surface area contributed by atoms with Gasteiger partial charge in [0.2, 0.25) is 0 Å². The molecular formula is C10H22O3S. The molecule has 0 aromatic carbocycles. The van der Waals surface area contributed by atoms with Crippen molar-refractivity contribution in [2.75, 3.05) is 0 Å². The van der Waals surface area contributed by atoms with E-state index in [4.69, 9.17) is 4.55 Å². The van der Waals surface area contributed by atoms with E-state index in [0.29, 0.717) is 12.8 Å². The van der Waals surface area contributed by atoms with Gasteiger partial charge in [0.05, 0.1) is 5.25 Å². The first-order valence-corrected chi connectivity index (χ1v) is 6.99. The van der Waals surface area contributed by atoms with Crippen LogP contribution in [-0.2, 0) is 10.1 Å². The minimum absolute atomic E-state index is 0.538. The molecule has 0 rings (SSSR count). The van der Waals surface area contributed by atoms with Crippen LogP contribution in [-0.4, -0.2) is 18.2 Å². The van der Waals surface area contributed by atoms with Gasteiger partial charge in [-0.25, -0.2) is 0 Å². The van der Waals surface area contributed by atoms with Gasteiger partial charge in [-0.15, -0.1) is 0 Å². The van der Waals surface area contributed by atoms with Crippen LogP contribution in [0.1, 0.15) is 58.8 Å². The standard InChI is InChI=1S/C10H22O3S/c1-3-5-6-7-9-10(8-4-2)14(11,12)13/h10H,3-9H2,1-2H3,(H,11,12,13). The molecule has 0 aliphatic heterocycles. The lowest BCUT2D eigenvalue weighted by Crippen LogP contribution is -2.20. The fraction of sp³-hybridized carbons (Fsp3) is 1.00. The van der Waals surface area contributed by atoms with Crippen LogP contribution in [0.5, 0.6) is 0 Å². The molecule has 0 aliphatic rings. The van der Waals surface area contributed by atoms with Crippen molar-refractivity contribution in [2.24, 2.45) is 0 Å². The predicted molar refractivity (Wildman–Crippen MR) is 59.0 cm³/mol. The van der Waals surface area contributed by atoms with E-state index in [0.717, 1.165) is 32.1 Å². The highest BCUT2D eigenvalue weighted by Gasteiger charge is 2.20. The van der Waals surface area contributed by atoms with Crippen molar-refractivity contribution < 1.29 is 13.0 Å². The zero-order valence-corrected chi connectivity index (χ0v) is 10.0. The molecule has 0 aromatic heterocycles. The van der Waals surface area contributed by atoms with Crippen molar-refractivity contribution in [3.63, 3.8) is 0 Å². The van der Waals surface area contributed by atoms with Crippen LogP contribution in [0.3, 0.4) is 0 Å². The van der Waals surface area contributed by atoms with E-state index in [1.165, 1.54) is 0 Å². The summed E-state index contributed by atoms with van der Waals surface area (Å²) in [5.74, 6) is 0. The molecule has 0 saturated carbocycles. The summed E-state index contributed by atoms with van der Waals surface area (Å²) >= 11 is 0. The maximum Gasteiger partial charge on any atom is 0.267 e. The van der Waals surface area contributed by atoms with Gasteiger partial charge in [0.15, 0.2) is 0 Å². The molecule has 0 bridgehead atoms. The van der Waals surface area contributed by atoms with Crippen molar-refractivity contribution in [1.29, 1.82) is 0 Å².